The summed E-state index contributed by atoms with van der Waals surface area (Å²) in [5.74, 6) is -0.831. The van der Waals surface area contributed by atoms with E-state index in [9.17, 15) is 19.0 Å². The monoisotopic (exact) mass is 718 g/mol. The van der Waals surface area contributed by atoms with E-state index in [1.54, 1.807) is 0 Å². The number of phosphoric ester groups is 1. The van der Waals surface area contributed by atoms with Gasteiger partial charge < -0.3 is 20.1 Å². The number of phosphoric acid groups is 1. The number of rotatable bonds is 38. The molecule has 0 rings (SSSR count). The van der Waals surface area contributed by atoms with Gasteiger partial charge in [0.05, 0.1) is 13.2 Å². The van der Waals surface area contributed by atoms with E-state index in [0.29, 0.717) is 6.42 Å². The normalized spacial score (nSPS) is 13.5. The average molecular weight is 718 g/mol. The topological polar surface area (TPSA) is 134 Å². The standard InChI is InChI=1S/C39H76NO8P/c1-3-5-7-9-11-13-15-17-18-20-22-24-26-28-30-32-39(42)48-37(36-47-49(43,44)46-34-33-40)35-45-38(41)31-29-27-25-23-21-19-16-14-12-10-8-6-4-2/h17-18,37H,3-16,19-36,40H2,1-2H3,(H,43,44). The molecule has 9 nitrogen and oxygen atoms in total. The average Bonchev–Trinajstić information content (AvgIpc) is 3.08. The maximum Gasteiger partial charge on any atom is 0.472 e. The lowest BCUT2D eigenvalue weighted by Crippen LogP contribution is -2.29. The number of carbonyl (C=O) groups excluding carboxylic acids is 2. The Morgan fingerprint density at radius 1 is 0.592 bits per heavy atom. The van der Waals surface area contributed by atoms with Crippen molar-refractivity contribution >= 4 is 19.8 Å². The van der Waals surface area contributed by atoms with Gasteiger partial charge in [-0.1, -0.05) is 154 Å². The first-order chi connectivity index (χ1) is 23.8. The van der Waals surface area contributed by atoms with E-state index in [1.165, 1.54) is 109 Å². The van der Waals surface area contributed by atoms with Gasteiger partial charge in [0.1, 0.15) is 6.61 Å². The van der Waals surface area contributed by atoms with E-state index in [-0.39, 0.29) is 38.6 Å². The Kier molecular flexibility index (Phi) is 35.6. The van der Waals surface area contributed by atoms with Crippen LogP contribution in [0.3, 0.4) is 0 Å². The summed E-state index contributed by atoms with van der Waals surface area (Å²) in [4.78, 5) is 34.7. The Labute approximate surface area is 300 Å². The largest absolute Gasteiger partial charge is 0.472 e. The predicted octanol–water partition coefficient (Wildman–Crippen LogP) is 11.1. The van der Waals surface area contributed by atoms with E-state index < -0.39 is 26.5 Å². The highest BCUT2D eigenvalue weighted by molar-refractivity contribution is 7.47. The van der Waals surface area contributed by atoms with Crippen molar-refractivity contribution < 1.29 is 37.6 Å². The van der Waals surface area contributed by atoms with Gasteiger partial charge in [-0.15, -0.1) is 0 Å². The minimum absolute atomic E-state index is 0.0546. The van der Waals surface area contributed by atoms with Crippen LogP contribution in [0.5, 0.6) is 0 Å². The molecule has 0 bridgehead atoms. The summed E-state index contributed by atoms with van der Waals surface area (Å²) < 4.78 is 32.7. The quantitative estimate of drug-likeness (QED) is 0.0277. The van der Waals surface area contributed by atoms with E-state index in [0.717, 1.165) is 51.4 Å². The molecular formula is C39H76NO8P. The van der Waals surface area contributed by atoms with Crippen LogP contribution in [-0.4, -0.2) is 49.3 Å². The molecule has 0 aromatic heterocycles. The number of allylic oxidation sites excluding steroid dienone is 2. The third-order valence-corrected chi connectivity index (χ3v) is 9.64. The van der Waals surface area contributed by atoms with Gasteiger partial charge in [-0.05, 0) is 38.5 Å². The Bertz CT molecular complexity index is 825. The molecule has 0 aliphatic rings. The summed E-state index contributed by atoms with van der Waals surface area (Å²) in [6.45, 7) is 3.73. The second-order valence-electron chi connectivity index (χ2n) is 13.5. The third-order valence-electron chi connectivity index (χ3n) is 8.65. The Hall–Kier alpha value is -1.25. The van der Waals surface area contributed by atoms with Crippen molar-refractivity contribution in [1.29, 1.82) is 0 Å². The minimum Gasteiger partial charge on any atom is -0.462 e. The van der Waals surface area contributed by atoms with E-state index >= 15 is 0 Å². The zero-order valence-corrected chi connectivity index (χ0v) is 32.6. The van der Waals surface area contributed by atoms with Crippen molar-refractivity contribution in [1.82, 2.24) is 0 Å². The highest BCUT2D eigenvalue weighted by atomic mass is 31.2. The number of carbonyl (C=O) groups is 2. The molecule has 290 valence electrons. The molecule has 10 heteroatoms. The predicted molar refractivity (Wildman–Crippen MR) is 201 cm³/mol. The molecule has 0 saturated carbocycles. The van der Waals surface area contributed by atoms with E-state index in [2.05, 4.69) is 26.0 Å². The van der Waals surface area contributed by atoms with Crippen molar-refractivity contribution in [3.05, 3.63) is 12.2 Å². The van der Waals surface area contributed by atoms with Crippen molar-refractivity contribution in [3.63, 3.8) is 0 Å². The van der Waals surface area contributed by atoms with Gasteiger partial charge in [0.2, 0.25) is 0 Å². The van der Waals surface area contributed by atoms with Crippen LogP contribution in [0.2, 0.25) is 0 Å². The second kappa shape index (κ2) is 36.5. The van der Waals surface area contributed by atoms with E-state index in [4.69, 9.17) is 24.3 Å². The minimum atomic E-state index is -4.37. The molecule has 0 fully saturated rings. The summed E-state index contributed by atoms with van der Waals surface area (Å²) >= 11 is 0. The zero-order valence-electron chi connectivity index (χ0n) is 31.7. The van der Waals surface area contributed by atoms with Gasteiger partial charge in [0.25, 0.3) is 0 Å². The third kappa shape index (κ3) is 36.3. The summed E-state index contributed by atoms with van der Waals surface area (Å²) in [5, 5.41) is 0. The van der Waals surface area contributed by atoms with Gasteiger partial charge in [-0.25, -0.2) is 4.57 Å². The summed E-state index contributed by atoms with van der Waals surface area (Å²) in [7, 11) is -4.37. The van der Waals surface area contributed by atoms with Crippen LogP contribution in [0, 0.1) is 0 Å². The van der Waals surface area contributed by atoms with Crippen molar-refractivity contribution in [3.8, 4) is 0 Å². The van der Waals surface area contributed by atoms with Gasteiger partial charge in [0.15, 0.2) is 6.10 Å². The molecule has 0 amide bonds. The molecule has 0 heterocycles. The maximum absolute atomic E-state index is 12.5. The molecule has 0 aromatic rings. The zero-order chi connectivity index (χ0) is 36.1. The number of unbranched alkanes of at least 4 members (excludes halogenated alkanes) is 23. The first-order valence-electron chi connectivity index (χ1n) is 20.2. The Balaban J connectivity index is 4.19. The Morgan fingerprint density at radius 3 is 1.45 bits per heavy atom. The number of nitrogens with two attached hydrogens (primary N) is 1. The molecule has 0 saturated heterocycles. The molecule has 0 aliphatic carbocycles. The van der Waals surface area contributed by atoms with Crippen LogP contribution >= 0.6 is 7.82 Å². The van der Waals surface area contributed by atoms with Crippen LogP contribution in [0.1, 0.15) is 194 Å². The summed E-state index contributed by atoms with van der Waals surface area (Å²) in [6.07, 6.45) is 35.2. The van der Waals surface area contributed by atoms with Crippen LogP contribution < -0.4 is 5.73 Å². The summed E-state index contributed by atoms with van der Waals surface area (Å²) in [5.41, 5.74) is 5.33. The number of ether oxygens (including phenoxy) is 2. The number of esters is 2. The highest BCUT2D eigenvalue weighted by Gasteiger charge is 2.26. The molecule has 2 unspecified atom stereocenters. The highest BCUT2D eigenvalue weighted by Crippen LogP contribution is 2.43. The maximum atomic E-state index is 12.5. The second-order valence-corrected chi connectivity index (χ2v) is 15.0. The molecule has 3 N–H and O–H groups in total. The fourth-order valence-corrected chi connectivity index (χ4v) is 6.39. The van der Waals surface area contributed by atoms with Crippen LogP contribution in [-0.2, 0) is 32.7 Å². The molecule has 0 aliphatic heterocycles. The molecule has 0 spiro atoms. The van der Waals surface area contributed by atoms with Crippen molar-refractivity contribution in [2.45, 2.75) is 200 Å². The molecule has 0 aromatic carbocycles. The van der Waals surface area contributed by atoms with E-state index in [1.807, 2.05) is 0 Å². The molecule has 49 heavy (non-hydrogen) atoms. The van der Waals surface area contributed by atoms with Gasteiger partial charge >= 0.3 is 19.8 Å². The van der Waals surface area contributed by atoms with Crippen molar-refractivity contribution in [2.24, 2.45) is 5.73 Å². The lowest BCUT2D eigenvalue weighted by molar-refractivity contribution is -0.161. The first kappa shape index (κ1) is 47.8. The van der Waals surface area contributed by atoms with Crippen molar-refractivity contribution in [2.75, 3.05) is 26.4 Å². The van der Waals surface area contributed by atoms with Gasteiger partial charge in [-0.2, -0.15) is 0 Å². The lowest BCUT2D eigenvalue weighted by atomic mass is 10.0. The lowest BCUT2D eigenvalue weighted by Gasteiger charge is -2.19. The smallest absolute Gasteiger partial charge is 0.462 e. The SMILES string of the molecule is CCCCCCCCC=CCCCCCCCC(=O)OC(COC(=O)CCCCCCCCCCCCCCC)COP(=O)(O)OCCN. The van der Waals surface area contributed by atoms with Crippen LogP contribution in [0.25, 0.3) is 0 Å². The fourth-order valence-electron chi connectivity index (χ4n) is 5.63. The fraction of sp³-hybridized carbons (Fsp3) is 0.897. The molecular weight excluding hydrogens is 641 g/mol. The molecule has 2 atom stereocenters. The Morgan fingerprint density at radius 2 is 1.00 bits per heavy atom. The number of hydrogen-bond acceptors (Lipinski definition) is 8. The molecule has 0 radical (unpaired) electrons. The van der Waals surface area contributed by atoms with Crippen LogP contribution in [0.4, 0.5) is 0 Å². The summed E-state index contributed by atoms with van der Waals surface area (Å²) in [6, 6.07) is 0. The number of hydrogen-bond donors (Lipinski definition) is 2. The van der Waals surface area contributed by atoms with Gasteiger partial charge in [-0.3, -0.25) is 18.6 Å². The first-order valence-corrected chi connectivity index (χ1v) is 21.7. The van der Waals surface area contributed by atoms with Crippen LogP contribution in [0.15, 0.2) is 12.2 Å². The van der Waals surface area contributed by atoms with Gasteiger partial charge in [0, 0.05) is 19.4 Å².